The molecule has 2 aromatic carbocycles. The summed E-state index contributed by atoms with van der Waals surface area (Å²) in [5.74, 6) is 0.173. The first kappa shape index (κ1) is 15.3. The number of nitrogens with one attached hydrogen (secondary N) is 1. The zero-order valence-electron chi connectivity index (χ0n) is 13.6. The number of hydrogen-bond acceptors (Lipinski definition) is 1. The van der Waals surface area contributed by atoms with Gasteiger partial charge in [-0.3, -0.25) is 4.79 Å². The van der Waals surface area contributed by atoms with Gasteiger partial charge in [-0.15, -0.1) is 0 Å². The van der Waals surface area contributed by atoms with E-state index in [1.54, 1.807) is 0 Å². The van der Waals surface area contributed by atoms with Crippen LogP contribution in [0.25, 0.3) is 10.9 Å². The van der Waals surface area contributed by atoms with E-state index in [9.17, 15) is 4.79 Å². The average molecular weight is 306 g/mol. The van der Waals surface area contributed by atoms with Gasteiger partial charge in [0.05, 0.1) is 6.04 Å². The van der Waals surface area contributed by atoms with Gasteiger partial charge in [-0.2, -0.15) is 0 Å². The highest BCUT2D eigenvalue weighted by Gasteiger charge is 2.17. The molecule has 0 spiro atoms. The van der Waals surface area contributed by atoms with Crippen molar-refractivity contribution in [1.82, 2.24) is 9.88 Å². The first-order valence-corrected chi connectivity index (χ1v) is 8.02. The summed E-state index contributed by atoms with van der Waals surface area (Å²) in [6.45, 7) is 2.07. The molecular weight excluding hydrogens is 284 g/mol. The van der Waals surface area contributed by atoms with Crippen LogP contribution in [0.2, 0.25) is 0 Å². The number of aromatic nitrogens is 1. The smallest absolute Gasteiger partial charge is 0.223 e. The van der Waals surface area contributed by atoms with Crippen molar-refractivity contribution in [3.8, 4) is 0 Å². The molecule has 23 heavy (non-hydrogen) atoms. The molecule has 0 bridgehead atoms. The molecule has 0 fully saturated rings. The number of aryl methyl sites for hydroxylation is 1. The third-order valence-electron chi connectivity index (χ3n) is 4.54. The second kappa shape index (κ2) is 6.69. The lowest BCUT2D eigenvalue weighted by Gasteiger charge is -2.25. The Hall–Kier alpha value is -2.55. The summed E-state index contributed by atoms with van der Waals surface area (Å²) in [7, 11) is 1.88. The SMILES string of the molecule is CC(c1ccccc1)N(C)C(=O)CCc1c[nH]c2ccccc12. The van der Waals surface area contributed by atoms with E-state index in [-0.39, 0.29) is 11.9 Å². The highest BCUT2D eigenvalue weighted by molar-refractivity contribution is 5.84. The van der Waals surface area contributed by atoms with Crippen LogP contribution in [-0.2, 0) is 11.2 Å². The zero-order valence-corrected chi connectivity index (χ0v) is 13.6. The van der Waals surface area contributed by atoms with E-state index in [0.717, 1.165) is 17.5 Å². The molecule has 3 rings (SSSR count). The van der Waals surface area contributed by atoms with Gasteiger partial charge in [-0.05, 0) is 30.5 Å². The highest BCUT2D eigenvalue weighted by atomic mass is 16.2. The Kier molecular flexibility index (Phi) is 4.47. The molecule has 1 unspecified atom stereocenters. The van der Waals surface area contributed by atoms with E-state index in [4.69, 9.17) is 0 Å². The molecule has 3 aromatic rings. The summed E-state index contributed by atoms with van der Waals surface area (Å²) >= 11 is 0. The molecule has 1 N–H and O–H groups in total. The van der Waals surface area contributed by atoms with Gasteiger partial charge in [-0.25, -0.2) is 0 Å². The van der Waals surface area contributed by atoms with Gasteiger partial charge >= 0.3 is 0 Å². The molecule has 0 aliphatic carbocycles. The first-order valence-electron chi connectivity index (χ1n) is 8.02. The Balaban J connectivity index is 1.65. The number of benzene rings is 2. The Labute approximate surface area is 136 Å². The number of carbonyl (C=O) groups is 1. The van der Waals surface area contributed by atoms with Crippen LogP contribution in [0, 0.1) is 0 Å². The maximum atomic E-state index is 12.5. The van der Waals surface area contributed by atoms with Gasteiger partial charge < -0.3 is 9.88 Å². The quantitative estimate of drug-likeness (QED) is 0.748. The van der Waals surface area contributed by atoms with E-state index in [1.807, 2.05) is 48.5 Å². The maximum absolute atomic E-state index is 12.5. The number of fused-ring (bicyclic) bond motifs is 1. The molecule has 0 aliphatic rings. The largest absolute Gasteiger partial charge is 0.361 e. The minimum absolute atomic E-state index is 0.0895. The summed E-state index contributed by atoms with van der Waals surface area (Å²) in [4.78, 5) is 17.6. The molecule has 3 nitrogen and oxygen atoms in total. The van der Waals surface area contributed by atoms with Gasteiger partial charge in [0.1, 0.15) is 0 Å². The molecule has 0 radical (unpaired) electrons. The standard InChI is InChI=1S/C20H22N2O/c1-15(16-8-4-3-5-9-16)22(2)20(23)13-12-17-14-21-19-11-7-6-10-18(17)19/h3-11,14-15,21H,12-13H2,1-2H3. The molecule has 1 aromatic heterocycles. The minimum Gasteiger partial charge on any atom is -0.361 e. The highest BCUT2D eigenvalue weighted by Crippen LogP contribution is 2.22. The van der Waals surface area contributed by atoms with Crippen LogP contribution < -0.4 is 0 Å². The second-order valence-corrected chi connectivity index (χ2v) is 5.95. The molecule has 1 heterocycles. The van der Waals surface area contributed by atoms with E-state index in [1.165, 1.54) is 10.9 Å². The Morgan fingerprint density at radius 1 is 1.09 bits per heavy atom. The number of nitrogens with zero attached hydrogens (tertiary/aromatic N) is 1. The Morgan fingerprint density at radius 3 is 2.57 bits per heavy atom. The third-order valence-corrected chi connectivity index (χ3v) is 4.54. The summed E-state index contributed by atoms with van der Waals surface area (Å²) in [6, 6.07) is 18.4. The summed E-state index contributed by atoms with van der Waals surface area (Å²) in [6.07, 6.45) is 3.29. The lowest BCUT2D eigenvalue weighted by atomic mass is 10.1. The maximum Gasteiger partial charge on any atom is 0.223 e. The lowest BCUT2D eigenvalue weighted by Crippen LogP contribution is -2.29. The fourth-order valence-corrected chi connectivity index (χ4v) is 2.93. The van der Waals surface area contributed by atoms with Gasteiger partial charge in [0, 0.05) is 30.6 Å². The molecule has 118 valence electrons. The van der Waals surface area contributed by atoms with Crippen molar-refractivity contribution in [2.45, 2.75) is 25.8 Å². The Morgan fingerprint density at radius 2 is 1.78 bits per heavy atom. The molecule has 0 saturated heterocycles. The van der Waals surface area contributed by atoms with Crippen LogP contribution in [0.5, 0.6) is 0 Å². The van der Waals surface area contributed by atoms with Gasteiger partial charge in [0.15, 0.2) is 0 Å². The van der Waals surface area contributed by atoms with Gasteiger partial charge in [0.25, 0.3) is 0 Å². The Bertz CT molecular complexity index is 792. The molecule has 0 saturated carbocycles. The average Bonchev–Trinajstić information content (AvgIpc) is 3.02. The van der Waals surface area contributed by atoms with Crippen molar-refractivity contribution in [3.05, 3.63) is 71.9 Å². The summed E-state index contributed by atoms with van der Waals surface area (Å²) in [5.41, 5.74) is 3.49. The number of para-hydroxylation sites is 1. The lowest BCUT2D eigenvalue weighted by molar-refractivity contribution is -0.131. The fourth-order valence-electron chi connectivity index (χ4n) is 2.93. The van der Waals surface area contributed by atoms with Gasteiger partial charge in [-0.1, -0.05) is 48.5 Å². The number of hydrogen-bond donors (Lipinski definition) is 1. The van der Waals surface area contributed by atoms with E-state index >= 15 is 0 Å². The van der Waals surface area contributed by atoms with Crippen LogP contribution in [0.15, 0.2) is 60.8 Å². The molecular formula is C20H22N2O. The number of H-pyrrole nitrogens is 1. The van der Waals surface area contributed by atoms with Crippen LogP contribution in [0.3, 0.4) is 0 Å². The first-order chi connectivity index (χ1) is 11.2. The van der Waals surface area contributed by atoms with Crippen molar-refractivity contribution in [2.24, 2.45) is 0 Å². The zero-order chi connectivity index (χ0) is 16.2. The predicted molar refractivity (Wildman–Crippen MR) is 94.2 cm³/mol. The van der Waals surface area contributed by atoms with Crippen LogP contribution in [0.1, 0.15) is 30.5 Å². The van der Waals surface area contributed by atoms with Crippen LogP contribution in [0.4, 0.5) is 0 Å². The van der Waals surface area contributed by atoms with Crippen molar-refractivity contribution in [2.75, 3.05) is 7.05 Å². The molecule has 1 atom stereocenters. The predicted octanol–water partition coefficient (Wildman–Crippen LogP) is 4.32. The van der Waals surface area contributed by atoms with Crippen molar-refractivity contribution in [1.29, 1.82) is 0 Å². The number of carbonyl (C=O) groups excluding carboxylic acids is 1. The van der Waals surface area contributed by atoms with Gasteiger partial charge in [0.2, 0.25) is 5.91 Å². The van der Waals surface area contributed by atoms with E-state index < -0.39 is 0 Å². The third kappa shape index (κ3) is 3.29. The van der Waals surface area contributed by atoms with Crippen LogP contribution >= 0.6 is 0 Å². The van der Waals surface area contributed by atoms with Crippen molar-refractivity contribution < 1.29 is 4.79 Å². The van der Waals surface area contributed by atoms with Crippen molar-refractivity contribution >= 4 is 16.8 Å². The van der Waals surface area contributed by atoms with Crippen LogP contribution in [-0.4, -0.2) is 22.8 Å². The summed E-state index contributed by atoms with van der Waals surface area (Å²) < 4.78 is 0. The fraction of sp³-hybridized carbons (Fsp3) is 0.250. The number of rotatable bonds is 5. The second-order valence-electron chi connectivity index (χ2n) is 5.95. The monoisotopic (exact) mass is 306 g/mol. The minimum atomic E-state index is 0.0895. The summed E-state index contributed by atoms with van der Waals surface area (Å²) in [5, 5.41) is 1.21. The molecule has 3 heteroatoms. The number of amides is 1. The number of aromatic amines is 1. The normalized spacial score (nSPS) is 12.3. The molecule has 1 amide bonds. The molecule has 0 aliphatic heterocycles. The topological polar surface area (TPSA) is 36.1 Å². The van der Waals surface area contributed by atoms with Crippen molar-refractivity contribution in [3.63, 3.8) is 0 Å². The van der Waals surface area contributed by atoms with E-state index in [0.29, 0.717) is 6.42 Å². The van der Waals surface area contributed by atoms with E-state index in [2.05, 4.69) is 36.2 Å².